The van der Waals surface area contributed by atoms with Crippen molar-refractivity contribution < 1.29 is 42.9 Å². The number of cyclic esters (lactones) is 2. The highest BCUT2D eigenvalue weighted by molar-refractivity contribution is 5.92. The van der Waals surface area contributed by atoms with Crippen molar-refractivity contribution in [3.63, 3.8) is 0 Å². The van der Waals surface area contributed by atoms with Crippen molar-refractivity contribution in [3.8, 4) is 0 Å². The number of ketones is 1. The molecule has 0 radical (unpaired) electrons. The average Bonchev–Trinajstić information content (AvgIpc) is 3.42. The first-order chi connectivity index (χ1) is 24.5. The third-order valence-corrected chi connectivity index (χ3v) is 16.0. The predicted molar refractivity (Wildman–Crippen MR) is 182 cm³/mol. The highest BCUT2D eigenvalue weighted by Gasteiger charge is 2.93. The highest BCUT2D eigenvalue weighted by Crippen LogP contribution is 2.83. The van der Waals surface area contributed by atoms with Gasteiger partial charge in [0.05, 0.1) is 35.6 Å². The summed E-state index contributed by atoms with van der Waals surface area (Å²) in [6.45, 7) is 6.15. The lowest BCUT2D eigenvalue weighted by Gasteiger charge is -2.70. The van der Waals surface area contributed by atoms with E-state index in [1.165, 1.54) is 5.56 Å². The molecule has 3 spiro atoms. The lowest BCUT2D eigenvalue weighted by Crippen LogP contribution is -2.80. The number of hydrogen-bond donors (Lipinski definition) is 1. The largest absolute Gasteiger partial charge is 0.472 e. The third-order valence-electron chi connectivity index (χ3n) is 16.0. The molecule has 8 aliphatic rings. The smallest absolute Gasteiger partial charge is 0.339 e. The van der Waals surface area contributed by atoms with Gasteiger partial charge in [-0.25, -0.2) is 4.79 Å². The van der Waals surface area contributed by atoms with E-state index in [4.69, 9.17) is 23.4 Å². The minimum absolute atomic E-state index is 0.0739. The zero-order chi connectivity index (χ0) is 35.2. The van der Waals surface area contributed by atoms with Crippen LogP contribution in [0.15, 0.2) is 53.3 Å². The summed E-state index contributed by atoms with van der Waals surface area (Å²) in [5, 5.41) is 13.2. The summed E-state index contributed by atoms with van der Waals surface area (Å²) >= 11 is 0. The highest BCUT2D eigenvalue weighted by atomic mass is 16.7. The van der Waals surface area contributed by atoms with Crippen molar-refractivity contribution in [2.75, 3.05) is 6.61 Å². The van der Waals surface area contributed by atoms with Gasteiger partial charge in [-0.2, -0.15) is 0 Å². The van der Waals surface area contributed by atoms with Crippen molar-refractivity contribution in [2.45, 2.75) is 127 Å². The molecule has 8 fully saturated rings. The Bertz CT molecular complexity index is 1760. The van der Waals surface area contributed by atoms with Gasteiger partial charge >= 0.3 is 11.9 Å². The number of furan rings is 1. The first-order valence-corrected chi connectivity index (χ1v) is 19.5. The van der Waals surface area contributed by atoms with Crippen molar-refractivity contribution in [1.29, 1.82) is 0 Å². The average molecular weight is 699 g/mol. The number of ether oxygens (including phenoxy) is 4. The molecule has 272 valence electrons. The molecule has 4 saturated carbocycles. The van der Waals surface area contributed by atoms with Crippen LogP contribution in [0.2, 0.25) is 0 Å². The summed E-state index contributed by atoms with van der Waals surface area (Å²) in [4.78, 5) is 43.6. The number of esters is 2. The molecule has 2 aromatic rings. The van der Waals surface area contributed by atoms with Crippen LogP contribution in [0.4, 0.5) is 0 Å². The molecule has 10 rings (SSSR count). The molecule has 0 amide bonds. The number of carbonyl (C=O) groups is 3. The Labute approximate surface area is 299 Å². The van der Waals surface area contributed by atoms with E-state index in [-0.39, 0.29) is 30.2 Å². The molecule has 5 heterocycles. The van der Waals surface area contributed by atoms with Crippen LogP contribution in [0.1, 0.15) is 102 Å². The van der Waals surface area contributed by atoms with E-state index >= 15 is 4.79 Å². The van der Waals surface area contributed by atoms with Crippen LogP contribution in [0.25, 0.3) is 0 Å². The van der Waals surface area contributed by atoms with E-state index in [1.807, 2.05) is 26.0 Å². The van der Waals surface area contributed by atoms with Gasteiger partial charge in [0, 0.05) is 21.8 Å². The Hall–Kier alpha value is -3.01. The fourth-order valence-electron chi connectivity index (χ4n) is 14.5. The fourth-order valence-corrected chi connectivity index (χ4v) is 14.5. The number of aliphatic hydroxyl groups excluding tert-OH is 1. The summed E-state index contributed by atoms with van der Waals surface area (Å²) < 4.78 is 32.2. The molecule has 9 nitrogen and oxygen atoms in total. The normalized spacial score (nSPS) is 47.3. The van der Waals surface area contributed by atoms with Gasteiger partial charge < -0.3 is 28.5 Å². The van der Waals surface area contributed by atoms with Crippen molar-refractivity contribution in [3.05, 3.63) is 60.1 Å². The van der Waals surface area contributed by atoms with E-state index in [9.17, 15) is 14.7 Å². The lowest BCUT2D eigenvalue weighted by atomic mass is 9.32. The van der Waals surface area contributed by atoms with Crippen LogP contribution in [0.3, 0.4) is 0 Å². The Morgan fingerprint density at radius 3 is 2.41 bits per heavy atom. The molecule has 4 aliphatic carbocycles. The first-order valence-electron chi connectivity index (χ1n) is 19.5. The number of carbonyl (C=O) groups excluding carboxylic acids is 3. The molecule has 0 bridgehead atoms. The van der Waals surface area contributed by atoms with Gasteiger partial charge in [0.1, 0.15) is 24.4 Å². The number of hydrogen-bond acceptors (Lipinski definition) is 9. The Morgan fingerprint density at radius 2 is 1.67 bits per heavy atom. The monoisotopic (exact) mass is 698 g/mol. The maximum atomic E-state index is 15.5. The van der Waals surface area contributed by atoms with Gasteiger partial charge in [-0.1, -0.05) is 62.9 Å². The summed E-state index contributed by atoms with van der Waals surface area (Å²) in [6, 6.07) is 12.4. The topological polar surface area (TPSA) is 125 Å². The van der Waals surface area contributed by atoms with Crippen LogP contribution in [-0.4, -0.2) is 58.9 Å². The van der Waals surface area contributed by atoms with Crippen LogP contribution in [-0.2, 0) is 39.8 Å². The second-order valence-electron chi connectivity index (χ2n) is 18.4. The van der Waals surface area contributed by atoms with Gasteiger partial charge in [-0.3, -0.25) is 9.59 Å². The zero-order valence-corrected chi connectivity index (χ0v) is 29.9. The number of epoxide rings is 1. The van der Waals surface area contributed by atoms with Crippen LogP contribution >= 0.6 is 0 Å². The van der Waals surface area contributed by atoms with Gasteiger partial charge in [0.15, 0.2) is 11.9 Å². The van der Waals surface area contributed by atoms with Crippen molar-refractivity contribution >= 4 is 17.7 Å². The molecular weight excluding hydrogens is 648 g/mol. The summed E-state index contributed by atoms with van der Waals surface area (Å²) in [6.07, 6.45) is 8.69. The maximum absolute atomic E-state index is 15.5. The van der Waals surface area contributed by atoms with Crippen molar-refractivity contribution in [2.24, 2.45) is 45.3 Å². The molecule has 1 aromatic carbocycles. The van der Waals surface area contributed by atoms with Gasteiger partial charge in [0.2, 0.25) is 0 Å². The van der Waals surface area contributed by atoms with E-state index in [2.05, 4.69) is 31.2 Å². The van der Waals surface area contributed by atoms with E-state index in [0.717, 1.165) is 50.5 Å². The second kappa shape index (κ2) is 10.6. The molecule has 4 saturated heterocycles. The van der Waals surface area contributed by atoms with Gasteiger partial charge in [-0.05, 0) is 88.2 Å². The van der Waals surface area contributed by atoms with E-state index in [1.54, 1.807) is 12.5 Å². The number of rotatable bonds is 4. The summed E-state index contributed by atoms with van der Waals surface area (Å²) in [5.74, 6) is -1.67. The predicted octanol–water partition coefficient (Wildman–Crippen LogP) is 6.31. The van der Waals surface area contributed by atoms with Gasteiger partial charge in [0.25, 0.3) is 0 Å². The van der Waals surface area contributed by atoms with Crippen LogP contribution in [0.5, 0.6) is 0 Å². The first kappa shape index (κ1) is 32.6. The molecule has 1 N–H and O–H groups in total. The number of benzene rings is 1. The molecule has 1 aromatic heterocycles. The third kappa shape index (κ3) is 3.76. The van der Waals surface area contributed by atoms with Crippen LogP contribution in [0, 0.1) is 45.3 Å². The molecule has 12 atom stereocenters. The van der Waals surface area contributed by atoms with Crippen molar-refractivity contribution in [1.82, 2.24) is 0 Å². The molecule has 4 aliphatic heterocycles. The SMILES string of the molecule is CC1(C)O[C@H]2C3(CCCC3)C(=O)OC[C@]23C2CC[C@@]4(C)[C@H](c5ccoc5)OC(=O)[C@H]5O[C@@]54[C@]2([C@@H]2CCC[C@H](Cc4ccccc4)C2)[C@H](O)C(=O)[C@H]13. The summed E-state index contributed by atoms with van der Waals surface area (Å²) in [7, 11) is 0. The van der Waals surface area contributed by atoms with E-state index < -0.39 is 69.2 Å². The molecule has 1 unspecified atom stereocenters. The Balaban J connectivity index is 1.20. The quantitative estimate of drug-likeness (QED) is 0.289. The van der Waals surface area contributed by atoms with Gasteiger partial charge in [-0.15, -0.1) is 0 Å². The second-order valence-corrected chi connectivity index (χ2v) is 18.4. The lowest BCUT2D eigenvalue weighted by molar-refractivity contribution is -0.285. The molecule has 9 heteroatoms. The molecular formula is C42H50O9. The minimum Gasteiger partial charge on any atom is -0.472 e. The standard InChI is InChI=1S/C42H50O9/c1-37(2)30-29(43)31(44)41(27-13-9-12-25(21-27)20-24-10-5-4-6-11-24)28(40(30)23-48-36(46)39(35(40)51-37)16-7-8-17-39)14-18-38(3)32(26-15-19-47-22-26)49-34(45)33-42(38,41)50-33/h4-6,10-11,15,19,22,25,27-28,30-33,35,44H,7-9,12-14,16-18,20-21,23H2,1-3H3/t25-,27-,28?,30-,31-,32+,33-,35+,38+,40-,41+,42+/m1/s1. The number of aliphatic hydroxyl groups is 1. The minimum atomic E-state index is -1.39. The number of Topliss-reactive ketones (excluding diaryl/α,β-unsaturated/α-hetero) is 1. The Kier molecular flexibility index (Phi) is 6.76. The zero-order valence-electron chi connectivity index (χ0n) is 29.9. The fraction of sp³-hybridized carbons (Fsp3) is 0.690. The Morgan fingerprint density at radius 1 is 0.882 bits per heavy atom. The summed E-state index contributed by atoms with van der Waals surface area (Å²) in [5.41, 5.74) is -3.67. The van der Waals surface area contributed by atoms with E-state index in [0.29, 0.717) is 31.6 Å². The van der Waals surface area contributed by atoms with Crippen LogP contribution < -0.4 is 0 Å². The number of fused-ring (bicyclic) bond motifs is 2. The maximum Gasteiger partial charge on any atom is 0.339 e. The molecule has 51 heavy (non-hydrogen) atoms.